The highest BCUT2D eigenvalue weighted by Crippen LogP contribution is 2.20. The molecule has 0 fully saturated rings. The maximum absolute atomic E-state index is 11.7. The molecule has 0 saturated heterocycles. The first-order valence-corrected chi connectivity index (χ1v) is 8.72. The van der Waals surface area contributed by atoms with Gasteiger partial charge in [0.2, 0.25) is 5.43 Å². The Hall–Kier alpha value is -1.47. The molecule has 0 saturated carbocycles. The molecule has 0 aliphatic heterocycles. The molecular weight excluding hydrogens is 304 g/mol. The zero-order chi connectivity index (χ0) is 16.7. The molecule has 0 bridgehead atoms. The summed E-state index contributed by atoms with van der Waals surface area (Å²) >= 11 is 1.57. The maximum Gasteiger partial charge on any atom is 0.326 e. The van der Waals surface area contributed by atoms with E-state index in [-0.39, 0.29) is 0 Å². The third-order valence-electron chi connectivity index (χ3n) is 3.64. The molecule has 22 heavy (non-hydrogen) atoms. The zero-order valence-corrected chi connectivity index (χ0v) is 14.1. The van der Waals surface area contributed by atoms with Gasteiger partial charge in [-0.2, -0.15) is 11.8 Å². The average Bonchev–Trinajstić information content (AvgIpc) is 2.48. The standard InChI is InChI=1S/C15H24N2O4S/c1-4-16(5-2)9-11-8-13(18)14(19)10-17(11)12(15(20)21)6-7-22-3/h8,10,12,19H,4-7,9H2,1-3H3,(H,20,21). The SMILES string of the molecule is CCN(CC)Cc1cc(=O)c(O)cn1C(CCSC)C(=O)O. The van der Waals surface area contributed by atoms with E-state index in [1.54, 1.807) is 11.8 Å². The molecule has 2 N–H and O–H groups in total. The Labute approximate surface area is 134 Å². The van der Waals surface area contributed by atoms with Crippen molar-refractivity contribution >= 4 is 17.7 Å². The van der Waals surface area contributed by atoms with Gasteiger partial charge in [-0.25, -0.2) is 4.79 Å². The first-order valence-electron chi connectivity index (χ1n) is 7.32. The van der Waals surface area contributed by atoms with Gasteiger partial charge in [0.05, 0.1) is 6.20 Å². The van der Waals surface area contributed by atoms with Crippen molar-refractivity contribution in [2.24, 2.45) is 0 Å². The van der Waals surface area contributed by atoms with Crippen LogP contribution in [-0.2, 0) is 11.3 Å². The number of carboxylic acid groups (broad SMARTS) is 1. The minimum atomic E-state index is -0.960. The van der Waals surface area contributed by atoms with Gasteiger partial charge in [-0.15, -0.1) is 0 Å². The Morgan fingerprint density at radius 1 is 1.41 bits per heavy atom. The van der Waals surface area contributed by atoms with Crippen molar-refractivity contribution in [2.75, 3.05) is 25.1 Å². The van der Waals surface area contributed by atoms with Gasteiger partial charge in [0, 0.05) is 18.3 Å². The second kappa shape index (κ2) is 8.85. The average molecular weight is 328 g/mol. The van der Waals surface area contributed by atoms with Crippen LogP contribution in [0.5, 0.6) is 5.75 Å². The molecule has 0 radical (unpaired) electrons. The van der Waals surface area contributed by atoms with E-state index in [1.165, 1.54) is 16.8 Å². The summed E-state index contributed by atoms with van der Waals surface area (Å²) in [6.07, 6.45) is 3.60. The van der Waals surface area contributed by atoms with E-state index in [0.29, 0.717) is 24.4 Å². The Morgan fingerprint density at radius 3 is 2.55 bits per heavy atom. The van der Waals surface area contributed by atoms with Crippen molar-refractivity contribution in [1.29, 1.82) is 0 Å². The summed E-state index contributed by atoms with van der Waals surface area (Å²) in [4.78, 5) is 25.4. The monoisotopic (exact) mass is 328 g/mol. The van der Waals surface area contributed by atoms with Crippen LogP contribution in [0, 0.1) is 0 Å². The summed E-state index contributed by atoms with van der Waals surface area (Å²) in [5, 5.41) is 19.2. The summed E-state index contributed by atoms with van der Waals surface area (Å²) < 4.78 is 1.52. The molecule has 0 aliphatic carbocycles. The molecule has 0 aromatic carbocycles. The molecule has 1 aromatic heterocycles. The zero-order valence-electron chi connectivity index (χ0n) is 13.3. The Kier molecular flexibility index (Phi) is 7.47. The predicted octanol–water partition coefficient (Wildman–Crippen LogP) is 1.77. The fourth-order valence-electron chi connectivity index (χ4n) is 2.28. The molecular formula is C15H24N2O4S. The van der Waals surface area contributed by atoms with E-state index in [2.05, 4.69) is 4.90 Å². The van der Waals surface area contributed by atoms with Gasteiger partial charge in [0.25, 0.3) is 0 Å². The van der Waals surface area contributed by atoms with E-state index >= 15 is 0 Å². The fraction of sp³-hybridized carbons (Fsp3) is 0.600. The Bertz CT molecular complexity index is 555. The van der Waals surface area contributed by atoms with Crippen molar-refractivity contribution < 1.29 is 15.0 Å². The van der Waals surface area contributed by atoms with Crippen LogP contribution in [0.1, 0.15) is 32.0 Å². The number of rotatable bonds is 9. The van der Waals surface area contributed by atoms with Crippen LogP contribution >= 0.6 is 11.8 Å². The van der Waals surface area contributed by atoms with Gasteiger partial charge in [0.1, 0.15) is 6.04 Å². The minimum Gasteiger partial charge on any atom is -0.503 e. The predicted molar refractivity (Wildman–Crippen MR) is 88.7 cm³/mol. The topological polar surface area (TPSA) is 82.8 Å². The molecule has 1 unspecified atom stereocenters. The second-order valence-corrected chi connectivity index (χ2v) is 6.00. The van der Waals surface area contributed by atoms with E-state index in [1.807, 2.05) is 20.1 Å². The van der Waals surface area contributed by atoms with Gasteiger partial charge in [-0.05, 0) is 31.5 Å². The molecule has 0 spiro atoms. The van der Waals surface area contributed by atoms with Gasteiger partial charge in [0.15, 0.2) is 5.75 Å². The first kappa shape index (κ1) is 18.6. The number of pyridine rings is 1. The van der Waals surface area contributed by atoms with E-state index in [4.69, 9.17) is 0 Å². The number of aromatic nitrogens is 1. The van der Waals surface area contributed by atoms with Crippen molar-refractivity contribution in [2.45, 2.75) is 32.9 Å². The van der Waals surface area contributed by atoms with E-state index < -0.39 is 23.2 Å². The summed E-state index contributed by atoms with van der Waals surface area (Å²) in [5.74, 6) is -0.689. The molecule has 6 nitrogen and oxygen atoms in total. The molecule has 0 amide bonds. The third-order valence-corrected chi connectivity index (χ3v) is 4.28. The second-order valence-electron chi connectivity index (χ2n) is 5.02. The maximum atomic E-state index is 11.7. The molecule has 1 aromatic rings. The van der Waals surface area contributed by atoms with Gasteiger partial charge < -0.3 is 14.8 Å². The summed E-state index contributed by atoms with van der Waals surface area (Å²) in [5.41, 5.74) is 0.132. The lowest BCUT2D eigenvalue weighted by Crippen LogP contribution is -2.29. The van der Waals surface area contributed by atoms with Gasteiger partial charge >= 0.3 is 5.97 Å². The van der Waals surface area contributed by atoms with Gasteiger partial charge in [-0.3, -0.25) is 9.69 Å². The van der Waals surface area contributed by atoms with Crippen LogP contribution in [-0.4, -0.2) is 50.7 Å². The van der Waals surface area contributed by atoms with Crippen molar-refractivity contribution in [3.8, 4) is 5.75 Å². The highest BCUT2D eigenvalue weighted by atomic mass is 32.2. The van der Waals surface area contributed by atoms with Crippen LogP contribution in [0.25, 0.3) is 0 Å². The Morgan fingerprint density at radius 2 is 2.05 bits per heavy atom. The number of carbonyl (C=O) groups is 1. The van der Waals surface area contributed by atoms with Crippen LogP contribution < -0.4 is 5.43 Å². The summed E-state index contributed by atoms with van der Waals surface area (Å²) in [6.45, 7) is 6.09. The van der Waals surface area contributed by atoms with Crippen LogP contribution in [0.4, 0.5) is 0 Å². The first-order chi connectivity index (χ1) is 10.4. The highest BCUT2D eigenvalue weighted by Gasteiger charge is 2.22. The number of thioether (sulfide) groups is 1. The molecule has 1 heterocycles. The summed E-state index contributed by atoms with van der Waals surface area (Å²) in [6, 6.07) is 0.549. The highest BCUT2D eigenvalue weighted by molar-refractivity contribution is 7.98. The molecule has 7 heteroatoms. The lowest BCUT2D eigenvalue weighted by molar-refractivity contribution is -0.141. The molecule has 1 atom stereocenters. The normalized spacial score (nSPS) is 12.5. The van der Waals surface area contributed by atoms with Crippen molar-refractivity contribution in [3.05, 3.63) is 28.2 Å². The quantitative estimate of drug-likeness (QED) is 0.719. The lowest BCUT2D eigenvalue weighted by Gasteiger charge is -2.25. The largest absolute Gasteiger partial charge is 0.503 e. The number of hydrogen-bond acceptors (Lipinski definition) is 5. The fourth-order valence-corrected chi connectivity index (χ4v) is 2.74. The smallest absolute Gasteiger partial charge is 0.326 e. The van der Waals surface area contributed by atoms with E-state index in [9.17, 15) is 19.8 Å². The number of nitrogens with zero attached hydrogens (tertiary/aromatic N) is 2. The van der Waals surface area contributed by atoms with Crippen LogP contribution in [0.3, 0.4) is 0 Å². The lowest BCUT2D eigenvalue weighted by atomic mass is 10.2. The number of aromatic hydroxyl groups is 1. The van der Waals surface area contributed by atoms with Crippen molar-refractivity contribution in [3.63, 3.8) is 0 Å². The van der Waals surface area contributed by atoms with Gasteiger partial charge in [-0.1, -0.05) is 13.8 Å². The number of aliphatic carboxylic acids is 1. The molecule has 124 valence electrons. The number of carboxylic acids is 1. The number of hydrogen-bond donors (Lipinski definition) is 2. The third kappa shape index (κ3) is 4.78. The summed E-state index contributed by atoms with van der Waals surface area (Å²) in [7, 11) is 0. The van der Waals surface area contributed by atoms with Crippen molar-refractivity contribution in [1.82, 2.24) is 9.47 Å². The minimum absolute atomic E-state index is 0.418. The molecule has 0 aliphatic rings. The van der Waals surface area contributed by atoms with Crippen LogP contribution in [0.15, 0.2) is 17.1 Å². The molecule has 1 rings (SSSR count). The van der Waals surface area contributed by atoms with E-state index in [0.717, 1.165) is 13.1 Å². The Balaban J connectivity index is 3.26. The van der Waals surface area contributed by atoms with Crippen LogP contribution in [0.2, 0.25) is 0 Å².